The first-order chi connectivity index (χ1) is 15.0. The molecular formula is C24H17Cl2N3O2. The van der Waals surface area contributed by atoms with Crippen molar-refractivity contribution in [3.8, 4) is 6.07 Å². The largest absolute Gasteiger partial charge is 0.325 e. The van der Waals surface area contributed by atoms with Crippen LogP contribution in [0.15, 0.2) is 66.7 Å². The molecule has 154 valence electrons. The lowest BCUT2D eigenvalue weighted by Gasteiger charge is -2.23. The highest BCUT2D eigenvalue weighted by Gasteiger charge is 2.31. The van der Waals surface area contributed by atoms with E-state index in [9.17, 15) is 14.9 Å². The Morgan fingerprint density at radius 3 is 2.45 bits per heavy atom. The molecule has 0 aromatic heterocycles. The van der Waals surface area contributed by atoms with Gasteiger partial charge in [-0.3, -0.25) is 9.59 Å². The van der Waals surface area contributed by atoms with E-state index in [0.717, 1.165) is 5.56 Å². The zero-order valence-corrected chi connectivity index (χ0v) is 17.9. The fraction of sp³-hybridized carbons (Fsp3) is 0.125. The van der Waals surface area contributed by atoms with Crippen molar-refractivity contribution in [1.29, 1.82) is 5.26 Å². The standard InChI is InChI=1S/C24H17Cl2N3O2/c25-19-10-8-16(9-11-19)24(31)28-14-20-21(26)6-3-7-22(20)29(23(30)15-28)13-18-5-2-1-4-17(18)12-27/h1-11H,13-15H2. The van der Waals surface area contributed by atoms with Gasteiger partial charge >= 0.3 is 0 Å². The lowest BCUT2D eigenvalue weighted by atomic mass is 10.1. The maximum absolute atomic E-state index is 13.3. The van der Waals surface area contributed by atoms with Gasteiger partial charge in [0.05, 0.1) is 30.4 Å². The monoisotopic (exact) mass is 449 g/mol. The molecule has 0 unspecified atom stereocenters. The molecule has 1 aliphatic rings. The van der Waals surface area contributed by atoms with Crippen molar-refractivity contribution in [1.82, 2.24) is 4.90 Å². The lowest BCUT2D eigenvalue weighted by Crippen LogP contribution is -2.39. The van der Waals surface area contributed by atoms with Crippen molar-refractivity contribution in [3.05, 3.63) is 99.0 Å². The molecule has 3 aromatic carbocycles. The van der Waals surface area contributed by atoms with Crippen LogP contribution in [0.3, 0.4) is 0 Å². The molecule has 0 aliphatic carbocycles. The molecule has 7 heteroatoms. The zero-order valence-electron chi connectivity index (χ0n) is 16.4. The van der Waals surface area contributed by atoms with Gasteiger partial charge in [-0.15, -0.1) is 0 Å². The highest BCUT2D eigenvalue weighted by molar-refractivity contribution is 6.32. The molecule has 0 saturated carbocycles. The first-order valence-electron chi connectivity index (χ1n) is 9.58. The number of hydrogen-bond donors (Lipinski definition) is 0. The van der Waals surface area contributed by atoms with Gasteiger partial charge in [0.2, 0.25) is 5.91 Å². The van der Waals surface area contributed by atoms with Gasteiger partial charge in [-0.05, 0) is 48.0 Å². The predicted octanol–water partition coefficient (Wildman–Crippen LogP) is 5.05. The molecule has 31 heavy (non-hydrogen) atoms. The minimum atomic E-state index is -0.282. The average Bonchev–Trinajstić information content (AvgIpc) is 2.92. The van der Waals surface area contributed by atoms with Crippen LogP contribution in [0.1, 0.15) is 27.0 Å². The molecule has 2 amide bonds. The Labute approximate surface area is 190 Å². The summed E-state index contributed by atoms with van der Waals surface area (Å²) >= 11 is 12.4. The van der Waals surface area contributed by atoms with Gasteiger partial charge < -0.3 is 9.80 Å². The summed E-state index contributed by atoms with van der Waals surface area (Å²) in [6.45, 7) is 0.290. The van der Waals surface area contributed by atoms with Crippen LogP contribution in [-0.2, 0) is 17.9 Å². The van der Waals surface area contributed by atoms with E-state index in [-0.39, 0.29) is 31.4 Å². The van der Waals surface area contributed by atoms with Crippen LogP contribution in [0.25, 0.3) is 0 Å². The summed E-state index contributed by atoms with van der Waals surface area (Å²) in [5.74, 6) is -0.536. The number of amides is 2. The van der Waals surface area contributed by atoms with Gasteiger partial charge in [0, 0.05) is 21.2 Å². The molecule has 0 N–H and O–H groups in total. The van der Waals surface area contributed by atoms with Crippen LogP contribution < -0.4 is 4.90 Å². The van der Waals surface area contributed by atoms with E-state index < -0.39 is 0 Å². The Morgan fingerprint density at radius 1 is 0.968 bits per heavy atom. The number of benzene rings is 3. The Bertz CT molecular complexity index is 1200. The summed E-state index contributed by atoms with van der Waals surface area (Å²) < 4.78 is 0. The number of hydrogen-bond acceptors (Lipinski definition) is 3. The summed E-state index contributed by atoms with van der Waals surface area (Å²) in [5, 5.41) is 10.4. The third kappa shape index (κ3) is 4.27. The quantitative estimate of drug-likeness (QED) is 0.561. The Balaban J connectivity index is 1.73. The number of nitriles is 1. The summed E-state index contributed by atoms with van der Waals surface area (Å²) in [4.78, 5) is 29.5. The van der Waals surface area contributed by atoms with Crippen LogP contribution in [0.4, 0.5) is 5.69 Å². The Kier molecular flexibility index (Phi) is 5.94. The second-order valence-corrected chi connectivity index (χ2v) is 8.00. The molecule has 0 saturated heterocycles. The fourth-order valence-corrected chi connectivity index (χ4v) is 3.97. The minimum absolute atomic E-state index is 0.110. The fourth-order valence-electron chi connectivity index (χ4n) is 3.62. The van der Waals surface area contributed by atoms with E-state index in [1.807, 2.05) is 18.2 Å². The molecule has 0 fully saturated rings. The Hall–Kier alpha value is -3.33. The topological polar surface area (TPSA) is 64.4 Å². The SMILES string of the molecule is N#Cc1ccccc1CN1C(=O)CN(C(=O)c2ccc(Cl)cc2)Cc2c(Cl)cccc21. The predicted molar refractivity (Wildman–Crippen MR) is 120 cm³/mol. The average molecular weight is 450 g/mol. The van der Waals surface area contributed by atoms with Gasteiger partial charge in [-0.1, -0.05) is 47.5 Å². The maximum atomic E-state index is 13.3. The lowest BCUT2D eigenvalue weighted by molar-refractivity contribution is -0.119. The van der Waals surface area contributed by atoms with Gasteiger partial charge in [0.25, 0.3) is 5.91 Å². The summed E-state index contributed by atoms with van der Waals surface area (Å²) in [7, 11) is 0. The number of carbonyl (C=O) groups is 2. The van der Waals surface area contributed by atoms with Gasteiger partial charge in [0.1, 0.15) is 6.54 Å². The molecule has 3 aromatic rings. The van der Waals surface area contributed by atoms with Gasteiger partial charge in [-0.2, -0.15) is 5.26 Å². The molecule has 0 spiro atoms. The maximum Gasteiger partial charge on any atom is 0.254 e. The summed E-state index contributed by atoms with van der Waals surface area (Å²) in [6, 6.07) is 21.2. The molecule has 1 aliphatic heterocycles. The summed E-state index contributed by atoms with van der Waals surface area (Å²) in [6.07, 6.45) is 0. The van der Waals surface area contributed by atoms with Crippen molar-refractivity contribution in [2.24, 2.45) is 0 Å². The van der Waals surface area contributed by atoms with E-state index in [4.69, 9.17) is 23.2 Å². The van der Waals surface area contributed by atoms with E-state index in [1.54, 1.807) is 53.4 Å². The molecule has 0 bridgehead atoms. The zero-order chi connectivity index (χ0) is 22.0. The van der Waals surface area contributed by atoms with Crippen molar-refractivity contribution in [3.63, 3.8) is 0 Å². The molecule has 1 heterocycles. The van der Waals surface area contributed by atoms with Gasteiger partial charge in [0.15, 0.2) is 0 Å². The van der Waals surface area contributed by atoms with Crippen LogP contribution in [-0.4, -0.2) is 23.3 Å². The van der Waals surface area contributed by atoms with E-state index in [0.29, 0.717) is 32.4 Å². The van der Waals surface area contributed by atoms with E-state index >= 15 is 0 Å². The number of halogens is 2. The number of nitrogens with zero attached hydrogens (tertiary/aromatic N) is 3. The first-order valence-corrected chi connectivity index (χ1v) is 10.3. The second-order valence-electron chi connectivity index (χ2n) is 7.15. The molecule has 0 atom stereocenters. The van der Waals surface area contributed by atoms with Crippen LogP contribution in [0.5, 0.6) is 0 Å². The number of carbonyl (C=O) groups excluding carboxylic acids is 2. The Morgan fingerprint density at radius 2 is 1.71 bits per heavy atom. The summed E-state index contributed by atoms with van der Waals surface area (Å²) in [5.41, 5.74) is 2.98. The molecule has 4 rings (SSSR count). The third-order valence-electron chi connectivity index (χ3n) is 5.21. The van der Waals surface area contributed by atoms with Crippen LogP contribution in [0, 0.1) is 11.3 Å². The van der Waals surface area contributed by atoms with Crippen molar-refractivity contribution in [2.75, 3.05) is 11.4 Å². The second kappa shape index (κ2) is 8.81. The van der Waals surface area contributed by atoms with Crippen molar-refractivity contribution in [2.45, 2.75) is 13.1 Å². The molecule has 5 nitrogen and oxygen atoms in total. The minimum Gasteiger partial charge on any atom is -0.325 e. The first kappa shape index (κ1) is 20.9. The number of rotatable bonds is 3. The van der Waals surface area contributed by atoms with Gasteiger partial charge in [-0.25, -0.2) is 0 Å². The highest BCUT2D eigenvalue weighted by atomic mass is 35.5. The number of anilines is 1. The molecule has 0 radical (unpaired) electrons. The smallest absolute Gasteiger partial charge is 0.254 e. The molecular weight excluding hydrogens is 433 g/mol. The van der Waals surface area contributed by atoms with Crippen LogP contribution >= 0.6 is 23.2 Å². The van der Waals surface area contributed by atoms with Crippen molar-refractivity contribution >= 4 is 40.7 Å². The van der Waals surface area contributed by atoms with E-state index in [1.165, 1.54) is 4.90 Å². The highest BCUT2D eigenvalue weighted by Crippen LogP contribution is 2.33. The third-order valence-corrected chi connectivity index (χ3v) is 5.81. The van der Waals surface area contributed by atoms with Crippen molar-refractivity contribution < 1.29 is 9.59 Å². The van der Waals surface area contributed by atoms with Crippen LogP contribution in [0.2, 0.25) is 10.0 Å². The normalized spacial score (nSPS) is 13.4. The van der Waals surface area contributed by atoms with E-state index in [2.05, 4.69) is 6.07 Å². The number of fused-ring (bicyclic) bond motifs is 1.